The first-order valence-corrected chi connectivity index (χ1v) is 21.0. The van der Waals surface area contributed by atoms with Crippen LogP contribution >= 0.6 is 0 Å². The van der Waals surface area contributed by atoms with Crippen LogP contribution in [0.25, 0.3) is 0 Å². The van der Waals surface area contributed by atoms with Crippen LogP contribution in [0.1, 0.15) is 2.85 Å². The molecule has 0 heterocycles. The van der Waals surface area contributed by atoms with Gasteiger partial charge >= 0.3 is 153 Å². The van der Waals surface area contributed by atoms with E-state index in [2.05, 4.69) is 0 Å². The monoisotopic (exact) mass is 1120 g/mol. The zero-order chi connectivity index (χ0) is 45.0. The molecule has 51 heavy (non-hydrogen) atoms. The molecular formula is H22BaO40S10. The van der Waals surface area contributed by atoms with Crippen LogP contribution in [0.15, 0.2) is 0 Å². The minimum Gasteiger partial charge on any atom is -1.00 e. The Hall–Kier alpha value is 0.271. The van der Waals surface area contributed by atoms with Crippen molar-refractivity contribution in [2.45, 2.75) is 0 Å². The van der Waals surface area contributed by atoms with Crippen molar-refractivity contribution in [3.05, 3.63) is 0 Å². The molecule has 20 N–H and O–H groups in total. The van der Waals surface area contributed by atoms with E-state index in [9.17, 15) is 0 Å². The van der Waals surface area contributed by atoms with Crippen LogP contribution < -0.4 is 0 Å². The summed E-state index contributed by atoms with van der Waals surface area (Å²) in [5.74, 6) is 0. The standard InChI is InChI=1S/Ba.10H2O4S.2H/c;10*1-5(2,3)4;;/h;10*(H2,1,2,3,4);;/q+2;;;;;;;;;;;2*-1. The molecule has 0 saturated heterocycles. The number of rotatable bonds is 0. The summed E-state index contributed by atoms with van der Waals surface area (Å²) in [6.07, 6.45) is 0. The fourth-order valence-corrected chi connectivity index (χ4v) is 0. The molecule has 0 aromatic carbocycles. The average molecular weight is 1120 g/mol. The van der Waals surface area contributed by atoms with Gasteiger partial charge in [-0.25, -0.2) is 0 Å². The van der Waals surface area contributed by atoms with Gasteiger partial charge in [0.05, 0.1) is 0 Å². The van der Waals surface area contributed by atoms with E-state index >= 15 is 0 Å². The smallest absolute Gasteiger partial charge is 1.00 e. The molecule has 0 saturated carbocycles. The third kappa shape index (κ3) is 1590000. The Labute approximate surface area is 327 Å². The predicted molar refractivity (Wildman–Crippen MR) is 150 cm³/mol. The van der Waals surface area contributed by atoms with Gasteiger partial charge in [-0.2, -0.15) is 84.2 Å². The third-order valence-electron chi connectivity index (χ3n) is 0. The van der Waals surface area contributed by atoms with Crippen molar-refractivity contribution in [3.8, 4) is 0 Å². The second kappa shape index (κ2) is 33.6. The van der Waals surface area contributed by atoms with E-state index in [4.69, 9.17) is 175 Å². The Bertz CT molecular complexity index is 1390. The molecule has 51 heteroatoms. The third-order valence-corrected chi connectivity index (χ3v) is 0. The molecule has 0 rings (SSSR count). The molecule has 0 aliphatic rings. The first-order chi connectivity index (χ1) is 20.0. The first kappa shape index (κ1) is 79.9. The molecular weight excluding hydrogens is 1100 g/mol. The SMILES string of the molecule is O=S(=O)(O)O.O=S(=O)(O)O.O=S(=O)(O)O.O=S(=O)(O)O.O=S(=O)(O)O.O=S(=O)(O)O.O=S(=O)(O)O.O=S(=O)(O)O.O=S(=O)(O)O.O=S(=O)(O)O.[Ba+2].[H-].[H-]. The van der Waals surface area contributed by atoms with Crippen molar-refractivity contribution in [2.75, 3.05) is 0 Å². The van der Waals surface area contributed by atoms with Gasteiger partial charge in [-0.05, 0) is 0 Å². The fourth-order valence-electron chi connectivity index (χ4n) is 0. The Morgan fingerprint density at radius 2 is 0.157 bits per heavy atom. The van der Waals surface area contributed by atoms with Gasteiger partial charge in [-0.15, -0.1) is 0 Å². The van der Waals surface area contributed by atoms with E-state index in [-0.39, 0.29) is 51.7 Å². The van der Waals surface area contributed by atoms with Crippen LogP contribution in [0, 0.1) is 0 Å². The van der Waals surface area contributed by atoms with Crippen LogP contribution in [0.5, 0.6) is 0 Å². The van der Waals surface area contributed by atoms with E-state index in [1.165, 1.54) is 0 Å². The van der Waals surface area contributed by atoms with Gasteiger partial charge in [0, 0.05) is 0 Å². The summed E-state index contributed by atoms with van der Waals surface area (Å²) in [6, 6.07) is 0. The van der Waals surface area contributed by atoms with Gasteiger partial charge in [0.2, 0.25) is 0 Å². The van der Waals surface area contributed by atoms with Gasteiger partial charge < -0.3 is 2.85 Å². The summed E-state index contributed by atoms with van der Waals surface area (Å²) < 4.78 is 316. The van der Waals surface area contributed by atoms with Gasteiger partial charge in [0.15, 0.2) is 0 Å². The summed E-state index contributed by atoms with van der Waals surface area (Å²) >= 11 is 0. The Morgan fingerprint density at radius 1 is 0.157 bits per heavy atom. The molecule has 0 atom stereocenters. The van der Waals surface area contributed by atoms with E-state index in [0.717, 1.165) is 0 Å². The normalized spacial score (nSPS) is 11.4. The molecule has 0 aliphatic heterocycles. The predicted octanol–water partition coefficient (Wildman–Crippen LogP) is -6.68. The quantitative estimate of drug-likeness (QED) is 0.0792. The maximum atomic E-state index is 8.74. The van der Waals surface area contributed by atoms with Crippen LogP contribution in [-0.2, 0) is 104 Å². The first-order valence-electron chi connectivity index (χ1n) is 6.98. The summed E-state index contributed by atoms with van der Waals surface area (Å²) in [6.45, 7) is 0. The molecule has 0 radical (unpaired) electrons. The van der Waals surface area contributed by atoms with Crippen molar-refractivity contribution < 1.29 is 178 Å². The Kier molecular flexibility index (Phi) is 52.6. The van der Waals surface area contributed by atoms with Gasteiger partial charge in [0.1, 0.15) is 0 Å². The topological polar surface area (TPSA) is 746 Å². The van der Waals surface area contributed by atoms with Crippen molar-refractivity contribution >= 4 is 153 Å². The van der Waals surface area contributed by atoms with E-state index in [1.807, 2.05) is 0 Å². The summed E-state index contributed by atoms with van der Waals surface area (Å²) in [5, 5.41) is 0. The Balaban J connectivity index is -0.0000000303. The van der Waals surface area contributed by atoms with Crippen LogP contribution in [0.3, 0.4) is 0 Å². The zero-order valence-corrected chi connectivity index (χ0v) is 34.5. The molecule has 324 valence electrons. The van der Waals surface area contributed by atoms with Crippen LogP contribution in [0.2, 0.25) is 0 Å². The Morgan fingerprint density at radius 3 is 0.157 bits per heavy atom. The van der Waals surface area contributed by atoms with Gasteiger partial charge in [-0.1, -0.05) is 0 Å². The largest absolute Gasteiger partial charge is 2.00 e. The van der Waals surface area contributed by atoms with Gasteiger partial charge in [0.25, 0.3) is 0 Å². The van der Waals surface area contributed by atoms with E-state index in [1.54, 1.807) is 0 Å². The molecule has 0 aromatic heterocycles. The van der Waals surface area contributed by atoms with Crippen LogP contribution in [0.4, 0.5) is 0 Å². The second-order valence-electron chi connectivity index (χ2n) is 4.48. The molecule has 0 amide bonds. The molecule has 0 fully saturated rings. The molecule has 0 bridgehead atoms. The summed E-state index contributed by atoms with van der Waals surface area (Å²) in [4.78, 5) is 0. The molecule has 40 nitrogen and oxygen atoms in total. The van der Waals surface area contributed by atoms with Crippen molar-refractivity contribution in [1.82, 2.24) is 0 Å². The maximum absolute atomic E-state index is 8.74. The maximum Gasteiger partial charge on any atom is 2.00 e. The average Bonchev–Trinajstić information content (AvgIpc) is 2.34. The van der Waals surface area contributed by atoms with Crippen molar-refractivity contribution in [1.29, 1.82) is 0 Å². The zero-order valence-electron chi connectivity index (χ0n) is 23.9. The molecule has 0 aromatic rings. The van der Waals surface area contributed by atoms with Crippen molar-refractivity contribution in [3.63, 3.8) is 0 Å². The summed E-state index contributed by atoms with van der Waals surface area (Å²) in [7, 11) is -46.7. The molecule has 0 aliphatic carbocycles. The van der Waals surface area contributed by atoms with E-state index in [0.29, 0.717) is 0 Å². The number of hydrogen-bond acceptors (Lipinski definition) is 20. The summed E-state index contributed by atoms with van der Waals surface area (Å²) in [5.41, 5.74) is 0. The van der Waals surface area contributed by atoms with Crippen molar-refractivity contribution in [2.24, 2.45) is 0 Å². The van der Waals surface area contributed by atoms with Gasteiger partial charge in [-0.3, -0.25) is 91.1 Å². The van der Waals surface area contributed by atoms with Crippen LogP contribution in [-0.4, -0.2) is 224 Å². The van der Waals surface area contributed by atoms with E-state index < -0.39 is 104 Å². The molecule has 0 unspecified atom stereocenters. The minimum absolute atomic E-state index is 0. The molecule has 0 spiro atoms. The minimum atomic E-state index is -4.67. The second-order valence-corrected chi connectivity index (χ2v) is 13.4. The fraction of sp³-hybridized carbons (Fsp3) is 0. The number of hydrogen-bond donors (Lipinski definition) is 20.